The number of hydrogen-bond acceptors (Lipinski definition) is 1. The van der Waals surface area contributed by atoms with E-state index in [2.05, 4.69) is 43.1 Å². The highest BCUT2D eigenvalue weighted by atomic mass is 15.1. The monoisotopic (exact) mass is 203 g/mol. The van der Waals surface area contributed by atoms with Crippen molar-refractivity contribution in [2.45, 2.75) is 45.1 Å². The Labute approximate surface area is 93.1 Å². The molecule has 0 bridgehead atoms. The van der Waals surface area contributed by atoms with E-state index in [4.69, 9.17) is 0 Å². The quantitative estimate of drug-likeness (QED) is 0.707. The molecular formula is C14H21N. The third-order valence-corrected chi connectivity index (χ3v) is 3.62. The fourth-order valence-corrected chi connectivity index (χ4v) is 2.62. The molecule has 0 aromatic heterocycles. The molecule has 1 aliphatic carbocycles. The summed E-state index contributed by atoms with van der Waals surface area (Å²) in [6.45, 7) is 2.20. The normalized spacial score (nSPS) is 17.7. The summed E-state index contributed by atoms with van der Waals surface area (Å²) >= 11 is 0. The molecule has 0 N–H and O–H groups in total. The third kappa shape index (κ3) is 2.34. The summed E-state index contributed by atoms with van der Waals surface area (Å²) in [6, 6.07) is 9.47. The first-order chi connectivity index (χ1) is 7.29. The van der Waals surface area contributed by atoms with Gasteiger partial charge in [0.25, 0.3) is 0 Å². The van der Waals surface area contributed by atoms with Crippen molar-refractivity contribution in [3.63, 3.8) is 0 Å². The molecule has 82 valence electrons. The van der Waals surface area contributed by atoms with Crippen LogP contribution in [0.5, 0.6) is 0 Å². The van der Waals surface area contributed by atoms with Gasteiger partial charge in [-0.15, -0.1) is 0 Å². The molecule has 1 aromatic carbocycles. The van der Waals surface area contributed by atoms with Gasteiger partial charge in [0.1, 0.15) is 0 Å². The summed E-state index contributed by atoms with van der Waals surface area (Å²) in [5.74, 6) is 0. The average molecular weight is 203 g/mol. The van der Waals surface area contributed by atoms with Crippen molar-refractivity contribution in [1.82, 2.24) is 0 Å². The smallest absolute Gasteiger partial charge is 0.0395 e. The Bertz CT molecular complexity index is 313. The van der Waals surface area contributed by atoms with Gasteiger partial charge >= 0.3 is 0 Å². The van der Waals surface area contributed by atoms with E-state index >= 15 is 0 Å². The molecular weight excluding hydrogens is 182 g/mol. The zero-order chi connectivity index (χ0) is 10.7. The first-order valence-corrected chi connectivity index (χ1v) is 6.07. The lowest BCUT2D eigenvalue weighted by molar-refractivity contribution is 0.427. The summed E-state index contributed by atoms with van der Waals surface area (Å²) in [5.41, 5.74) is 2.80. The van der Waals surface area contributed by atoms with Crippen LogP contribution in [-0.4, -0.2) is 13.1 Å². The molecule has 0 radical (unpaired) electrons. The van der Waals surface area contributed by atoms with E-state index in [0.29, 0.717) is 0 Å². The first-order valence-electron chi connectivity index (χ1n) is 6.07. The predicted molar refractivity (Wildman–Crippen MR) is 66.5 cm³/mol. The molecule has 1 aliphatic rings. The SMILES string of the molecule is Cc1ccccc1N(C)C1CCCCC1. The number of aryl methyl sites for hydroxylation is 1. The van der Waals surface area contributed by atoms with Crippen LogP contribution in [0.4, 0.5) is 5.69 Å². The van der Waals surface area contributed by atoms with Crippen LogP contribution in [-0.2, 0) is 0 Å². The van der Waals surface area contributed by atoms with Crippen LogP contribution in [0.2, 0.25) is 0 Å². The lowest BCUT2D eigenvalue weighted by Crippen LogP contribution is -2.33. The van der Waals surface area contributed by atoms with E-state index in [1.807, 2.05) is 0 Å². The summed E-state index contributed by atoms with van der Waals surface area (Å²) in [7, 11) is 2.25. The van der Waals surface area contributed by atoms with E-state index in [1.165, 1.54) is 43.4 Å². The summed E-state index contributed by atoms with van der Waals surface area (Å²) in [5, 5.41) is 0. The van der Waals surface area contributed by atoms with Crippen molar-refractivity contribution in [1.29, 1.82) is 0 Å². The second kappa shape index (κ2) is 4.69. The van der Waals surface area contributed by atoms with Crippen LogP contribution < -0.4 is 4.90 Å². The molecule has 0 heterocycles. The summed E-state index contributed by atoms with van der Waals surface area (Å²) < 4.78 is 0. The van der Waals surface area contributed by atoms with Crippen molar-refractivity contribution >= 4 is 5.69 Å². The molecule has 1 saturated carbocycles. The minimum Gasteiger partial charge on any atom is -0.371 e. The second-order valence-corrected chi connectivity index (χ2v) is 4.69. The molecule has 0 aliphatic heterocycles. The maximum Gasteiger partial charge on any atom is 0.0395 e. The van der Waals surface area contributed by atoms with Gasteiger partial charge in [-0.2, -0.15) is 0 Å². The van der Waals surface area contributed by atoms with Gasteiger partial charge in [-0.25, -0.2) is 0 Å². The van der Waals surface area contributed by atoms with Crippen molar-refractivity contribution < 1.29 is 0 Å². The molecule has 1 nitrogen and oxygen atoms in total. The summed E-state index contributed by atoms with van der Waals surface area (Å²) in [6.07, 6.45) is 6.97. The van der Waals surface area contributed by atoms with Gasteiger partial charge < -0.3 is 4.90 Å². The number of benzene rings is 1. The zero-order valence-electron chi connectivity index (χ0n) is 9.87. The molecule has 0 saturated heterocycles. The number of hydrogen-bond donors (Lipinski definition) is 0. The first kappa shape index (κ1) is 10.5. The van der Waals surface area contributed by atoms with Crippen LogP contribution in [0.15, 0.2) is 24.3 Å². The van der Waals surface area contributed by atoms with Crippen LogP contribution in [0, 0.1) is 6.92 Å². The van der Waals surface area contributed by atoms with Crippen molar-refractivity contribution in [2.75, 3.05) is 11.9 Å². The van der Waals surface area contributed by atoms with Gasteiger partial charge in [-0.3, -0.25) is 0 Å². The Morgan fingerprint density at radius 1 is 1.07 bits per heavy atom. The molecule has 1 heteroatoms. The maximum absolute atomic E-state index is 2.48. The topological polar surface area (TPSA) is 3.24 Å². The van der Waals surface area contributed by atoms with E-state index in [1.54, 1.807) is 0 Å². The van der Waals surface area contributed by atoms with Gasteiger partial charge in [-0.1, -0.05) is 37.5 Å². The fourth-order valence-electron chi connectivity index (χ4n) is 2.62. The van der Waals surface area contributed by atoms with E-state index in [0.717, 1.165) is 6.04 Å². The Morgan fingerprint density at radius 2 is 1.73 bits per heavy atom. The molecule has 1 fully saturated rings. The molecule has 2 rings (SSSR count). The van der Waals surface area contributed by atoms with Gasteiger partial charge in [0.15, 0.2) is 0 Å². The third-order valence-electron chi connectivity index (χ3n) is 3.62. The average Bonchev–Trinajstić information content (AvgIpc) is 2.30. The molecule has 0 atom stereocenters. The summed E-state index contributed by atoms with van der Waals surface area (Å²) in [4.78, 5) is 2.48. The van der Waals surface area contributed by atoms with E-state index < -0.39 is 0 Å². The van der Waals surface area contributed by atoms with Gasteiger partial charge in [0.2, 0.25) is 0 Å². The highest BCUT2D eigenvalue weighted by Gasteiger charge is 2.18. The van der Waals surface area contributed by atoms with Crippen LogP contribution in [0.1, 0.15) is 37.7 Å². The Hall–Kier alpha value is -0.980. The Kier molecular flexibility index (Phi) is 3.30. The molecule has 15 heavy (non-hydrogen) atoms. The zero-order valence-corrected chi connectivity index (χ0v) is 9.87. The fraction of sp³-hybridized carbons (Fsp3) is 0.571. The number of anilines is 1. The largest absolute Gasteiger partial charge is 0.371 e. The molecule has 0 amide bonds. The van der Waals surface area contributed by atoms with E-state index in [9.17, 15) is 0 Å². The van der Waals surface area contributed by atoms with E-state index in [-0.39, 0.29) is 0 Å². The maximum atomic E-state index is 2.48. The molecule has 1 aromatic rings. The van der Waals surface area contributed by atoms with Crippen LogP contribution in [0.25, 0.3) is 0 Å². The van der Waals surface area contributed by atoms with Crippen molar-refractivity contribution in [2.24, 2.45) is 0 Å². The Balaban J connectivity index is 2.12. The van der Waals surface area contributed by atoms with Crippen LogP contribution in [0.3, 0.4) is 0 Å². The highest BCUT2D eigenvalue weighted by Crippen LogP contribution is 2.27. The molecule has 0 unspecified atom stereocenters. The standard InChI is InChI=1S/C14H21N/c1-12-8-6-7-11-14(12)15(2)13-9-4-3-5-10-13/h6-8,11,13H,3-5,9-10H2,1-2H3. The minimum atomic E-state index is 0.764. The van der Waals surface area contributed by atoms with Crippen molar-refractivity contribution in [3.05, 3.63) is 29.8 Å². The minimum absolute atomic E-state index is 0.764. The number of nitrogens with zero attached hydrogens (tertiary/aromatic N) is 1. The predicted octanol–water partition coefficient (Wildman–Crippen LogP) is 3.76. The lowest BCUT2D eigenvalue weighted by Gasteiger charge is -2.33. The van der Waals surface area contributed by atoms with Crippen molar-refractivity contribution in [3.8, 4) is 0 Å². The van der Waals surface area contributed by atoms with Gasteiger partial charge in [0, 0.05) is 18.8 Å². The number of para-hydroxylation sites is 1. The Morgan fingerprint density at radius 3 is 2.40 bits per heavy atom. The molecule has 0 spiro atoms. The number of rotatable bonds is 2. The highest BCUT2D eigenvalue weighted by molar-refractivity contribution is 5.53. The lowest BCUT2D eigenvalue weighted by atomic mass is 9.94. The van der Waals surface area contributed by atoms with Crippen LogP contribution >= 0.6 is 0 Å². The second-order valence-electron chi connectivity index (χ2n) is 4.69. The van der Waals surface area contributed by atoms with Gasteiger partial charge in [0.05, 0.1) is 0 Å². The van der Waals surface area contributed by atoms with Gasteiger partial charge in [-0.05, 0) is 31.4 Å².